The van der Waals surface area contributed by atoms with Crippen LogP contribution in [0.4, 0.5) is 10.5 Å². The number of amides is 3. The zero-order chi connectivity index (χ0) is 25.5. The van der Waals surface area contributed by atoms with Gasteiger partial charge in [0.15, 0.2) is 0 Å². The first-order valence-electron chi connectivity index (χ1n) is 11.1. The number of carbonyl (C=O) groups is 3. The van der Waals surface area contributed by atoms with Crippen molar-refractivity contribution in [3.8, 4) is 5.75 Å². The fourth-order valence-corrected chi connectivity index (χ4v) is 4.26. The zero-order valence-corrected chi connectivity index (χ0v) is 19.7. The van der Waals surface area contributed by atoms with Gasteiger partial charge in [0, 0.05) is 25.2 Å². The van der Waals surface area contributed by atoms with Crippen molar-refractivity contribution < 1.29 is 28.8 Å². The molecule has 35 heavy (non-hydrogen) atoms. The molecule has 1 heterocycles. The molecule has 0 radical (unpaired) electrons. The molecule has 11 heteroatoms. The van der Waals surface area contributed by atoms with Crippen LogP contribution < -0.4 is 15.4 Å². The standard InChI is InChI=1S/C24H28N4O7/c1-4-25-24(31)27-20(22(29)26-14-15-8-10-18(34-2)11-9-15)13-19(23(30)35-3)21(27)16-6-5-7-17(12-16)28(32)33/h5-12,19-21H,4,13-14H2,1-3H3,(H,25,31)(H,26,29). The summed E-state index contributed by atoms with van der Waals surface area (Å²) in [5.74, 6) is -1.27. The van der Waals surface area contributed by atoms with E-state index < -0.39 is 40.8 Å². The van der Waals surface area contributed by atoms with Gasteiger partial charge in [-0.1, -0.05) is 24.3 Å². The number of carbonyl (C=O) groups excluding carboxylic acids is 3. The largest absolute Gasteiger partial charge is 0.497 e. The molecule has 1 aliphatic rings. The fourth-order valence-electron chi connectivity index (χ4n) is 4.26. The van der Waals surface area contributed by atoms with E-state index in [2.05, 4.69) is 10.6 Å². The molecule has 186 valence electrons. The van der Waals surface area contributed by atoms with Crippen LogP contribution in [-0.2, 0) is 20.9 Å². The third-order valence-corrected chi connectivity index (χ3v) is 5.91. The van der Waals surface area contributed by atoms with E-state index in [4.69, 9.17) is 9.47 Å². The van der Waals surface area contributed by atoms with Crippen molar-refractivity contribution in [2.24, 2.45) is 5.92 Å². The maximum atomic E-state index is 13.3. The van der Waals surface area contributed by atoms with Gasteiger partial charge < -0.3 is 25.0 Å². The van der Waals surface area contributed by atoms with E-state index in [0.29, 0.717) is 17.9 Å². The number of nitrogens with one attached hydrogen (secondary N) is 2. The van der Waals surface area contributed by atoms with Gasteiger partial charge in [0.1, 0.15) is 11.8 Å². The lowest BCUT2D eigenvalue weighted by Crippen LogP contribution is -2.50. The Morgan fingerprint density at radius 3 is 2.43 bits per heavy atom. The normalized spacial score (nSPS) is 19.1. The number of nitrogens with zero attached hydrogens (tertiary/aromatic N) is 2. The predicted octanol–water partition coefficient (Wildman–Crippen LogP) is 2.55. The van der Waals surface area contributed by atoms with Crippen molar-refractivity contribution in [1.82, 2.24) is 15.5 Å². The SMILES string of the molecule is CCNC(=O)N1C(C(=O)NCc2ccc(OC)cc2)CC(C(=O)OC)C1c1cccc([N+](=O)[O-])c1. The molecule has 3 rings (SSSR count). The van der Waals surface area contributed by atoms with Gasteiger partial charge in [-0.05, 0) is 36.6 Å². The molecule has 2 N–H and O–H groups in total. The molecule has 0 aliphatic carbocycles. The number of rotatable bonds is 8. The molecule has 2 aromatic rings. The minimum Gasteiger partial charge on any atom is -0.497 e. The Hall–Kier alpha value is -4.15. The number of esters is 1. The summed E-state index contributed by atoms with van der Waals surface area (Å²) in [7, 11) is 2.78. The molecule has 3 unspecified atom stereocenters. The van der Waals surface area contributed by atoms with E-state index in [0.717, 1.165) is 5.56 Å². The second-order valence-electron chi connectivity index (χ2n) is 7.99. The molecule has 3 amide bonds. The van der Waals surface area contributed by atoms with Crippen molar-refractivity contribution in [2.45, 2.75) is 32.0 Å². The van der Waals surface area contributed by atoms with Gasteiger partial charge >= 0.3 is 12.0 Å². The monoisotopic (exact) mass is 484 g/mol. The third kappa shape index (κ3) is 5.68. The van der Waals surface area contributed by atoms with Crippen molar-refractivity contribution in [2.75, 3.05) is 20.8 Å². The molecule has 3 atom stereocenters. The highest BCUT2D eigenvalue weighted by atomic mass is 16.6. The van der Waals surface area contributed by atoms with E-state index >= 15 is 0 Å². The highest BCUT2D eigenvalue weighted by Crippen LogP contribution is 2.42. The summed E-state index contributed by atoms with van der Waals surface area (Å²) in [6, 6.07) is 10.4. The van der Waals surface area contributed by atoms with E-state index in [1.54, 1.807) is 44.4 Å². The first-order chi connectivity index (χ1) is 16.8. The van der Waals surface area contributed by atoms with Crippen molar-refractivity contribution in [3.63, 3.8) is 0 Å². The van der Waals surface area contributed by atoms with Gasteiger partial charge in [0.05, 0.1) is 31.1 Å². The minimum absolute atomic E-state index is 0.00557. The topological polar surface area (TPSA) is 140 Å². The number of non-ortho nitro benzene ring substituents is 1. The molecule has 1 saturated heterocycles. The molecule has 11 nitrogen and oxygen atoms in total. The minimum atomic E-state index is -0.992. The maximum Gasteiger partial charge on any atom is 0.318 e. The summed E-state index contributed by atoms with van der Waals surface area (Å²) in [4.78, 5) is 51.1. The summed E-state index contributed by atoms with van der Waals surface area (Å²) >= 11 is 0. The number of nitro benzene ring substituents is 1. The van der Waals surface area contributed by atoms with Crippen LogP contribution in [0, 0.1) is 16.0 Å². The Labute approximate surface area is 202 Å². The quantitative estimate of drug-likeness (QED) is 0.333. The number of nitro groups is 1. The Balaban J connectivity index is 1.94. The van der Waals surface area contributed by atoms with Gasteiger partial charge in [0.25, 0.3) is 5.69 Å². The van der Waals surface area contributed by atoms with Crippen LogP contribution in [0.1, 0.15) is 30.5 Å². The van der Waals surface area contributed by atoms with Crippen LogP contribution in [0.2, 0.25) is 0 Å². The lowest BCUT2D eigenvalue weighted by atomic mass is 9.93. The molecule has 2 aromatic carbocycles. The maximum absolute atomic E-state index is 13.3. The van der Waals surface area contributed by atoms with E-state index in [1.165, 1.54) is 30.2 Å². The van der Waals surface area contributed by atoms with Crippen molar-refractivity contribution >= 4 is 23.6 Å². The van der Waals surface area contributed by atoms with Crippen molar-refractivity contribution in [1.29, 1.82) is 0 Å². The highest BCUT2D eigenvalue weighted by molar-refractivity contribution is 5.90. The summed E-state index contributed by atoms with van der Waals surface area (Å²) in [6.45, 7) is 2.22. The average molecular weight is 485 g/mol. The first-order valence-corrected chi connectivity index (χ1v) is 11.1. The zero-order valence-electron chi connectivity index (χ0n) is 19.7. The molecule has 1 aliphatic heterocycles. The second kappa shape index (κ2) is 11.3. The second-order valence-corrected chi connectivity index (χ2v) is 7.99. The van der Waals surface area contributed by atoms with Gasteiger partial charge in [-0.2, -0.15) is 0 Å². The molecule has 0 saturated carbocycles. The predicted molar refractivity (Wildman–Crippen MR) is 126 cm³/mol. The Kier molecular flexibility index (Phi) is 8.24. The van der Waals surface area contributed by atoms with Gasteiger partial charge in [-0.15, -0.1) is 0 Å². The van der Waals surface area contributed by atoms with Crippen molar-refractivity contribution in [3.05, 3.63) is 69.8 Å². The van der Waals surface area contributed by atoms with Crippen LogP contribution in [0.5, 0.6) is 5.75 Å². The Morgan fingerprint density at radius 2 is 1.83 bits per heavy atom. The Bertz CT molecular complexity index is 1090. The molecule has 0 bridgehead atoms. The number of urea groups is 1. The molecular weight excluding hydrogens is 456 g/mol. The Morgan fingerprint density at radius 1 is 1.11 bits per heavy atom. The smallest absolute Gasteiger partial charge is 0.318 e. The molecular formula is C24H28N4O7. The lowest BCUT2D eigenvalue weighted by molar-refractivity contribution is -0.385. The van der Waals surface area contributed by atoms with E-state index in [-0.39, 0.29) is 18.7 Å². The van der Waals surface area contributed by atoms with Crippen LogP contribution in [0.15, 0.2) is 48.5 Å². The van der Waals surface area contributed by atoms with Gasteiger partial charge in [-0.3, -0.25) is 19.7 Å². The van der Waals surface area contributed by atoms with Crippen LogP contribution in [0.3, 0.4) is 0 Å². The lowest BCUT2D eigenvalue weighted by Gasteiger charge is -2.31. The molecule has 0 aromatic heterocycles. The van der Waals surface area contributed by atoms with Crippen LogP contribution in [-0.4, -0.2) is 54.5 Å². The highest BCUT2D eigenvalue weighted by Gasteiger charge is 2.51. The average Bonchev–Trinajstić information content (AvgIpc) is 3.28. The molecule has 0 spiro atoms. The number of hydrogen-bond donors (Lipinski definition) is 2. The fraction of sp³-hybridized carbons (Fsp3) is 0.375. The number of ether oxygens (including phenoxy) is 2. The third-order valence-electron chi connectivity index (χ3n) is 5.91. The van der Waals surface area contributed by atoms with Gasteiger partial charge in [0.2, 0.25) is 5.91 Å². The summed E-state index contributed by atoms with van der Waals surface area (Å²) in [6.07, 6.45) is 0.00557. The van der Waals surface area contributed by atoms with Gasteiger partial charge in [-0.25, -0.2) is 4.79 Å². The van der Waals surface area contributed by atoms with E-state index in [1.807, 2.05) is 0 Å². The van der Waals surface area contributed by atoms with Crippen LogP contribution in [0.25, 0.3) is 0 Å². The number of likely N-dealkylation sites (tertiary alicyclic amines) is 1. The molecule has 1 fully saturated rings. The summed E-state index contributed by atoms with van der Waals surface area (Å²) in [5, 5.41) is 16.8. The summed E-state index contributed by atoms with van der Waals surface area (Å²) in [5.41, 5.74) is 1.00. The van der Waals surface area contributed by atoms with E-state index in [9.17, 15) is 24.5 Å². The number of hydrogen-bond acceptors (Lipinski definition) is 7. The first kappa shape index (κ1) is 25.5. The van der Waals surface area contributed by atoms with Crippen LogP contribution >= 0.6 is 0 Å². The summed E-state index contributed by atoms with van der Waals surface area (Å²) < 4.78 is 10.1. The number of benzene rings is 2. The number of methoxy groups -OCH3 is 2.